The first kappa shape index (κ1) is 17.2. The van der Waals surface area contributed by atoms with Crippen molar-refractivity contribution in [1.82, 2.24) is 14.5 Å². The van der Waals surface area contributed by atoms with E-state index in [9.17, 15) is 8.42 Å². The van der Waals surface area contributed by atoms with Gasteiger partial charge in [-0.05, 0) is 55.4 Å². The minimum Gasteiger partial charge on any atom is -0.360 e. The highest BCUT2D eigenvalue weighted by molar-refractivity contribution is 7.89. The number of fused-ring (bicyclic) bond motifs is 2. The molecule has 2 bridgehead atoms. The van der Waals surface area contributed by atoms with Gasteiger partial charge in [-0.1, -0.05) is 24.6 Å². The molecule has 4 rings (SSSR count). The molecule has 0 aromatic heterocycles. The van der Waals surface area contributed by atoms with Gasteiger partial charge in [0.15, 0.2) is 5.11 Å². The van der Waals surface area contributed by atoms with Crippen LogP contribution in [0.1, 0.15) is 25.7 Å². The van der Waals surface area contributed by atoms with Gasteiger partial charge in [0.05, 0.1) is 4.90 Å². The minimum absolute atomic E-state index is 0.367. The summed E-state index contributed by atoms with van der Waals surface area (Å²) in [5, 5.41) is 4.35. The van der Waals surface area contributed by atoms with E-state index in [4.69, 9.17) is 12.2 Å². The Morgan fingerprint density at radius 1 is 1.04 bits per heavy atom. The molecule has 1 saturated heterocycles. The molecule has 3 aliphatic rings. The van der Waals surface area contributed by atoms with E-state index in [1.54, 1.807) is 28.6 Å². The molecule has 1 aromatic rings. The highest BCUT2D eigenvalue weighted by atomic mass is 32.2. The Morgan fingerprint density at radius 3 is 2.36 bits per heavy atom. The van der Waals surface area contributed by atoms with Crippen molar-refractivity contribution < 1.29 is 8.42 Å². The number of hydrogen-bond acceptors (Lipinski definition) is 3. The normalized spacial score (nSPS) is 29.8. The second kappa shape index (κ2) is 6.85. The molecule has 1 N–H and O–H groups in total. The van der Waals surface area contributed by atoms with Crippen molar-refractivity contribution in [1.29, 1.82) is 0 Å². The molecule has 0 amide bonds. The Labute approximate surface area is 155 Å². The van der Waals surface area contributed by atoms with Gasteiger partial charge in [0.25, 0.3) is 0 Å². The molecule has 25 heavy (non-hydrogen) atoms. The zero-order chi connectivity index (χ0) is 17.4. The molecule has 1 aliphatic heterocycles. The van der Waals surface area contributed by atoms with Crippen LogP contribution in [0.15, 0.2) is 35.2 Å². The van der Waals surface area contributed by atoms with Gasteiger partial charge in [-0.2, -0.15) is 4.31 Å². The summed E-state index contributed by atoms with van der Waals surface area (Å²) in [6, 6.07) is 9.19. The molecule has 5 nitrogen and oxygen atoms in total. The molecule has 2 aliphatic carbocycles. The number of benzene rings is 1. The van der Waals surface area contributed by atoms with Crippen LogP contribution in [0.5, 0.6) is 0 Å². The molecule has 136 valence electrons. The zero-order valence-corrected chi connectivity index (χ0v) is 15.9. The molecule has 1 aromatic carbocycles. The van der Waals surface area contributed by atoms with Gasteiger partial charge in [-0.3, -0.25) is 0 Å². The van der Waals surface area contributed by atoms with Gasteiger partial charge in [-0.25, -0.2) is 8.42 Å². The molecular formula is C18H25N3O2S2. The lowest BCUT2D eigenvalue weighted by Gasteiger charge is -2.37. The zero-order valence-electron chi connectivity index (χ0n) is 14.3. The third-order valence-corrected chi connectivity index (χ3v) is 8.24. The van der Waals surface area contributed by atoms with E-state index in [-0.39, 0.29) is 0 Å². The van der Waals surface area contributed by atoms with Crippen LogP contribution in [0.4, 0.5) is 0 Å². The van der Waals surface area contributed by atoms with Crippen molar-refractivity contribution in [3.05, 3.63) is 30.3 Å². The van der Waals surface area contributed by atoms with Crippen molar-refractivity contribution in [3.63, 3.8) is 0 Å². The Morgan fingerprint density at radius 2 is 1.76 bits per heavy atom. The molecule has 0 radical (unpaired) electrons. The number of nitrogens with zero attached hydrogens (tertiary/aromatic N) is 2. The Bertz CT molecular complexity index is 730. The monoisotopic (exact) mass is 379 g/mol. The third-order valence-electron chi connectivity index (χ3n) is 5.95. The number of rotatable bonds is 3. The van der Waals surface area contributed by atoms with Gasteiger partial charge in [-0.15, -0.1) is 0 Å². The van der Waals surface area contributed by atoms with Crippen LogP contribution in [0.2, 0.25) is 0 Å². The summed E-state index contributed by atoms with van der Waals surface area (Å²) in [5.74, 6) is 1.67. The predicted octanol–water partition coefficient (Wildman–Crippen LogP) is 2.06. The van der Waals surface area contributed by atoms with Gasteiger partial charge in [0, 0.05) is 32.2 Å². The summed E-state index contributed by atoms with van der Waals surface area (Å²) in [6.45, 7) is 2.27. The summed E-state index contributed by atoms with van der Waals surface area (Å²) in [7, 11) is -3.40. The van der Waals surface area contributed by atoms with E-state index in [0.29, 0.717) is 37.1 Å². The first-order chi connectivity index (χ1) is 12.0. The summed E-state index contributed by atoms with van der Waals surface area (Å²) in [5.41, 5.74) is 0. The Kier molecular flexibility index (Phi) is 4.73. The van der Waals surface area contributed by atoms with Crippen molar-refractivity contribution in [2.24, 2.45) is 11.8 Å². The Hall–Kier alpha value is -1.18. The lowest BCUT2D eigenvalue weighted by molar-refractivity contribution is 0.258. The number of sulfonamides is 1. The van der Waals surface area contributed by atoms with Crippen LogP contribution in [0, 0.1) is 11.8 Å². The van der Waals surface area contributed by atoms with E-state index in [1.165, 1.54) is 25.7 Å². The molecular weight excluding hydrogens is 354 g/mol. The van der Waals surface area contributed by atoms with Gasteiger partial charge in [0.1, 0.15) is 0 Å². The Balaban J connectivity index is 1.33. The fraction of sp³-hybridized carbons (Fsp3) is 0.611. The topological polar surface area (TPSA) is 52.7 Å². The predicted molar refractivity (Wildman–Crippen MR) is 102 cm³/mol. The highest BCUT2D eigenvalue weighted by Gasteiger charge is 2.40. The van der Waals surface area contributed by atoms with Gasteiger partial charge >= 0.3 is 0 Å². The second-order valence-electron chi connectivity index (χ2n) is 7.44. The fourth-order valence-corrected chi connectivity index (χ4v) is 6.32. The molecule has 1 heterocycles. The molecule has 7 heteroatoms. The maximum Gasteiger partial charge on any atom is 0.243 e. The van der Waals surface area contributed by atoms with Crippen LogP contribution >= 0.6 is 12.2 Å². The quantitative estimate of drug-likeness (QED) is 0.815. The summed E-state index contributed by atoms with van der Waals surface area (Å²) in [4.78, 5) is 2.49. The molecule has 3 atom stereocenters. The van der Waals surface area contributed by atoms with Gasteiger partial charge < -0.3 is 10.2 Å². The van der Waals surface area contributed by atoms with E-state index in [1.807, 2.05) is 6.07 Å². The average Bonchev–Trinajstić information content (AvgIpc) is 3.25. The van der Waals surface area contributed by atoms with Crippen molar-refractivity contribution in [2.75, 3.05) is 26.2 Å². The molecule has 3 fully saturated rings. The number of thiocarbonyl (C=S) groups is 1. The van der Waals surface area contributed by atoms with Crippen molar-refractivity contribution in [2.45, 2.75) is 36.6 Å². The lowest BCUT2D eigenvalue weighted by Crippen LogP contribution is -2.54. The largest absolute Gasteiger partial charge is 0.360 e. The maximum absolute atomic E-state index is 12.7. The maximum atomic E-state index is 12.7. The fourth-order valence-electron chi connectivity index (χ4n) is 4.54. The van der Waals surface area contributed by atoms with Crippen LogP contribution in [0.3, 0.4) is 0 Å². The van der Waals surface area contributed by atoms with Crippen molar-refractivity contribution in [3.8, 4) is 0 Å². The molecule has 0 unspecified atom stereocenters. The summed E-state index contributed by atoms with van der Waals surface area (Å²) in [6.07, 6.45) is 5.30. The summed E-state index contributed by atoms with van der Waals surface area (Å²) < 4.78 is 26.9. The smallest absolute Gasteiger partial charge is 0.243 e. The van der Waals surface area contributed by atoms with Gasteiger partial charge in [0.2, 0.25) is 10.0 Å². The average molecular weight is 380 g/mol. The summed E-state index contributed by atoms with van der Waals surface area (Å²) >= 11 is 5.60. The second-order valence-corrected chi connectivity index (χ2v) is 9.76. The van der Waals surface area contributed by atoms with Crippen molar-refractivity contribution >= 4 is 27.4 Å². The van der Waals surface area contributed by atoms with E-state index in [2.05, 4.69) is 10.2 Å². The van der Waals surface area contributed by atoms with Crippen LogP contribution in [-0.4, -0.2) is 55.0 Å². The van der Waals surface area contributed by atoms with E-state index < -0.39 is 10.0 Å². The minimum atomic E-state index is -3.40. The number of piperazine rings is 1. The standard InChI is InChI=1S/C18H25N3O2S2/c22-25(23,16-4-2-1-3-5-16)21-10-8-20(9-11-21)18(24)19-17-13-14-6-7-15(17)12-14/h1-5,14-15,17H,6-13H2,(H,19,24)/t14-,15-,17+/m0/s1. The van der Waals surface area contributed by atoms with Crippen LogP contribution < -0.4 is 5.32 Å². The van der Waals surface area contributed by atoms with E-state index >= 15 is 0 Å². The SMILES string of the molecule is O=S(=O)(c1ccccc1)N1CCN(C(=S)N[C@@H]2C[C@H]3CC[C@H]2C3)CC1. The first-order valence-corrected chi connectivity index (χ1v) is 11.0. The van der Waals surface area contributed by atoms with Crippen LogP contribution in [0.25, 0.3) is 0 Å². The molecule has 2 saturated carbocycles. The van der Waals surface area contributed by atoms with E-state index in [0.717, 1.165) is 16.9 Å². The number of hydrogen-bond donors (Lipinski definition) is 1. The highest BCUT2D eigenvalue weighted by Crippen LogP contribution is 2.44. The third kappa shape index (κ3) is 3.41. The lowest BCUT2D eigenvalue weighted by atomic mass is 9.95. The first-order valence-electron chi connectivity index (χ1n) is 9.14. The van der Waals surface area contributed by atoms with Crippen LogP contribution in [-0.2, 0) is 10.0 Å². The molecule has 0 spiro atoms. The number of nitrogens with one attached hydrogen (secondary N) is 1.